The lowest BCUT2D eigenvalue weighted by atomic mass is 10.0. The van der Waals surface area contributed by atoms with Gasteiger partial charge in [0.15, 0.2) is 0 Å². The fourth-order valence-corrected chi connectivity index (χ4v) is 6.93. The van der Waals surface area contributed by atoms with E-state index in [0.29, 0.717) is 6.42 Å². The van der Waals surface area contributed by atoms with Crippen LogP contribution in [0.3, 0.4) is 0 Å². The van der Waals surface area contributed by atoms with E-state index in [2.05, 4.69) is 55.6 Å². The summed E-state index contributed by atoms with van der Waals surface area (Å²) in [5.41, 5.74) is 0. The van der Waals surface area contributed by atoms with Crippen molar-refractivity contribution >= 4 is 5.91 Å². The molecular weight excluding hydrogens is 651 g/mol. The molecule has 0 aliphatic heterocycles. The van der Waals surface area contributed by atoms with Gasteiger partial charge < -0.3 is 15.5 Å². The van der Waals surface area contributed by atoms with Gasteiger partial charge in [-0.1, -0.05) is 217 Å². The lowest BCUT2D eigenvalue weighted by Gasteiger charge is -2.19. The first kappa shape index (κ1) is 51.4. The van der Waals surface area contributed by atoms with E-state index >= 15 is 0 Å². The largest absolute Gasteiger partial charge is 0.394 e. The monoisotopic (exact) mass is 742 g/mol. The van der Waals surface area contributed by atoms with E-state index in [-0.39, 0.29) is 12.5 Å². The zero-order valence-corrected chi connectivity index (χ0v) is 35.5. The van der Waals surface area contributed by atoms with E-state index in [9.17, 15) is 15.0 Å². The van der Waals surface area contributed by atoms with Crippen molar-refractivity contribution in [2.75, 3.05) is 6.61 Å². The van der Waals surface area contributed by atoms with Crippen LogP contribution in [0.2, 0.25) is 0 Å². The number of hydrogen-bond donors (Lipinski definition) is 3. The van der Waals surface area contributed by atoms with Gasteiger partial charge in [0.2, 0.25) is 5.91 Å². The normalized spacial score (nSPS) is 13.4. The highest BCUT2D eigenvalue weighted by atomic mass is 16.3. The summed E-state index contributed by atoms with van der Waals surface area (Å²) in [6.45, 7) is 4.28. The van der Waals surface area contributed by atoms with Gasteiger partial charge in [-0.05, 0) is 64.2 Å². The van der Waals surface area contributed by atoms with Gasteiger partial charge in [-0.15, -0.1) is 0 Å². The zero-order valence-electron chi connectivity index (χ0n) is 35.5. The number of aliphatic hydroxyl groups excluding tert-OH is 2. The molecule has 0 saturated heterocycles. The van der Waals surface area contributed by atoms with E-state index < -0.39 is 12.1 Å². The average molecular weight is 742 g/mol. The van der Waals surface area contributed by atoms with Crippen molar-refractivity contribution in [1.82, 2.24) is 5.32 Å². The number of carbonyl (C=O) groups is 1. The minimum Gasteiger partial charge on any atom is -0.394 e. The van der Waals surface area contributed by atoms with Crippen LogP contribution in [0, 0.1) is 0 Å². The SMILES string of the molecule is CCCCCCC/C=C\C/C=C\CCCCCCCCCCCCCCCCCC(=O)NC(CO)C(O)/C=C/CC/C=C/CCCCCCCCCC. The van der Waals surface area contributed by atoms with Crippen LogP contribution in [0.25, 0.3) is 0 Å². The fourth-order valence-electron chi connectivity index (χ4n) is 6.93. The molecule has 0 aromatic rings. The van der Waals surface area contributed by atoms with Crippen molar-refractivity contribution in [3.8, 4) is 0 Å². The Balaban J connectivity index is 3.53. The van der Waals surface area contributed by atoms with Crippen LogP contribution < -0.4 is 5.32 Å². The number of nitrogens with one attached hydrogen (secondary N) is 1. The van der Waals surface area contributed by atoms with Gasteiger partial charge >= 0.3 is 0 Å². The quantitative estimate of drug-likeness (QED) is 0.0431. The molecule has 4 nitrogen and oxygen atoms in total. The van der Waals surface area contributed by atoms with Crippen LogP contribution in [0.4, 0.5) is 0 Å². The second kappa shape index (κ2) is 44.7. The lowest BCUT2D eigenvalue weighted by molar-refractivity contribution is -0.123. The van der Waals surface area contributed by atoms with Crippen LogP contribution >= 0.6 is 0 Å². The fraction of sp³-hybridized carbons (Fsp3) is 0.816. The Bertz CT molecular complexity index is 847. The highest BCUT2D eigenvalue weighted by Crippen LogP contribution is 2.15. The molecule has 0 saturated carbocycles. The van der Waals surface area contributed by atoms with Crippen LogP contribution in [-0.2, 0) is 4.79 Å². The molecule has 0 rings (SSSR count). The van der Waals surface area contributed by atoms with Crippen molar-refractivity contribution < 1.29 is 15.0 Å². The number of allylic oxidation sites excluding steroid dienone is 7. The van der Waals surface area contributed by atoms with E-state index in [1.807, 2.05) is 6.08 Å². The molecule has 0 bridgehead atoms. The third-order valence-corrected chi connectivity index (χ3v) is 10.5. The summed E-state index contributed by atoms with van der Waals surface area (Å²) in [7, 11) is 0. The van der Waals surface area contributed by atoms with Gasteiger partial charge in [0.25, 0.3) is 0 Å². The predicted octanol–water partition coefficient (Wildman–Crippen LogP) is 14.7. The van der Waals surface area contributed by atoms with Crippen LogP contribution in [0.15, 0.2) is 48.6 Å². The molecule has 0 aliphatic rings. The molecule has 4 heteroatoms. The molecule has 2 unspecified atom stereocenters. The summed E-state index contributed by atoms with van der Waals surface area (Å²) in [6, 6.07) is -0.638. The number of unbranched alkanes of at least 4 members (excludes halogenated alkanes) is 29. The van der Waals surface area contributed by atoms with Crippen molar-refractivity contribution in [3.63, 3.8) is 0 Å². The van der Waals surface area contributed by atoms with Crippen molar-refractivity contribution in [1.29, 1.82) is 0 Å². The molecule has 0 heterocycles. The van der Waals surface area contributed by atoms with Crippen molar-refractivity contribution in [2.24, 2.45) is 0 Å². The summed E-state index contributed by atoms with van der Waals surface area (Å²) >= 11 is 0. The second-order valence-electron chi connectivity index (χ2n) is 15.8. The topological polar surface area (TPSA) is 69.6 Å². The van der Waals surface area contributed by atoms with Gasteiger partial charge in [-0.25, -0.2) is 0 Å². The van der Waals surface area contributed by atoms with Crippen LogP contribution in [0.1, 0.15) is 239 Å². The Morgan fingerprint density at radius 2 is 0.792 bits per heavy atom. The Morgan fingerprint density at radius 3 is 1.21 bits per heavy atom. The van der Waals surface area contributed by atoms with E-state index in [0.717, 1.165) is 38.5 Å². The molecule has 2 atom stereocenters. The first-order valence-electron chi connectivity index (χ1n) is 23.4. The Hall–Kier alpha value is -1.65. The van der Waals surface area contributed by atoms with Crippen molar-refractivity contribution in [3.05, 3.63) is 48.6 Å². The zero-order chi connectivity index (χ0) is 38.6. The molecule has 0 aromatic carbocycles. The number of carbonyl (C=O) groups excluding carboxylic acids is 1. The van der Waals surface area contributed by atoms with Gasteiger partial charge in [-0.2, -0.15) is 0 Å². The Morgan fingerprint density at radius 1 is 0.453 bits per heavy atom. The standard InChI is InChI=1S/C49H91NO3/c1-3-5-7-9-11-13-15-17-19-20-21-22-23-24-25-26-27-28-29-30-31-33-35-37-39-41-43-45-49(53)50-47(46-51)48(52)44-42-40-38-36-34-32-18-16-14-12-10-8-6-4-2/h15,17,20-21,34,36,42,44,47-48,51-52H,3-14,16,18-19,22-33,35,37-41,43,45-46H2,1-2H3,(H,50,53)/b17-15-,21-20-,36-34+,44-42+. The average Bonchev–Trinajstić information content (AvgIpc) is 3.16. The summed E-state index contributed by atoms with van der Waals surface area (Å²) in [5.74, 6) is -0.0741. The number of amides is 1. The molecule has 0 aromatic heterocycles. The lowest BCUT2D eigenvalue weighted by Crippen LogP contribution is -2.45. The van der Waals surface area contributed by atoms with Gasteiger partial charge in [0, 0.05) is 6.42 Å². The van der Waals surface area contributed by atoms with E-state index in [4.69, 9.17) is 0 Å². The molecule has 1 amide bonds. The maximum atomic E-state index is 12.4. The summed E-state index contributed by atoms with van der Waals surface area (Å²) in [6.07, 6.45) is 60.9. The molecule has 0 spiro atoms. The second-order valence-corrected chi connectivity index (χ2v) is 15.8. The third kappa shape index (κ3) is 41.4. The smallest absolute Gasteiger partial charge is 0.220 e. The van der Waals surface area contributed by atoms with Gasteiger partial charge in [0.1, 0.15) is 0 Å². The first-order valence-corrected chi connectivity index (χ1v) is 23.4. The Kier molecular flexibility index (Phi) is 43.4. The summed E-state index contributed by atoms with van der Waals surface area (Å²) < 4.78 is 0. The molecule has 53 heavy (non-hydrogen) atoms. The molecule has 0 fully saturated rings. The summed E-state index contributed by atoms with van der Waals surface area (Å²) in [5, 5.41) is 23.0. The number of hydrogen-bond acceptors (Lipinski definition) is 3. The highest BCUT2D eigenvalue weighted by Gasteiger charge is 2.17. The molecule has 0 radical (unpaired) electrons. The molecule has 310 valence electrons. The Labute approximate surface area is 331 Å². The maximum Gasteiger partial charge on any atom is 0.220 e. The predicted molar refractivity (Wildman–Crippen MR) is 235 cm³/mol. The van der Waals surface area contributed by atoms with E-state index in [1.165, 1.54) is 180 Å². The minimum atomic E-state index is -0.861. The van der Waals surface area contributed by atoms with Gasteiger partial charge in [0.05, 0.1) is 18.8 Å². The first-order chi connectivity index (χ1) is 26.2. The number of rotatable bonds is 42. The van der Waals surface area contributed by atoms with Crippen LogP contribution in [0.5, 0.6) is 0 Å². The molecule has 0 aliphatic carbocycles. The number of aliphatic hydroxyl groups is 2. The van der Waals surface area contributed by atoms with Gasteiger partial charge in [-0.3, -0.25) is 4.79 Å². The highest BCUT2D eigenvalue weighted by molar-refractivity contribution is 5.76. The van der Waals surface area contributed by atoms with E-state index in [1.54, 1.807) is 6.08 Å². The summed E-state index contributed by atoms with van der Waals surface area (Å²) in [4.78, 5) is 12.4. The minimum absolute atomic E-state index is 0.0741. The molecular formula is C49H91NO3. The van der Waals surface area contributed by atoms with Crippen molar-refractivity contribution in [2.45, 2.75) is 251 Å². The third-order valence-electron chi connectivity index (χ3n) is 10.5. The maximum absolute atomic E-state index is 12.4. The van der Waals surface area contributed by atoms with Crippen LogP contribution in [-0.4, -0.2) is 34.9 Å². The molecule has 3 N–H and O–H groups in total.